The molecule has 2 aromatic carbocycles. The number of sulfonamides is 1. The zero-order valence-electron chi connectivity index (χ0n) is 18.3. The average molecular weight is 445 g/mol. The zero-order valence-corrected chi connectivity index (χ0v) is 19.1. The van der Waals surface area contributed by atoms with Gasteiger partial charge in [0.15, 0.2) is 6.10 Å². The number of unbranched alkanes of at least 4 members (excludes halogenated alkanes) is 1. The van der Waals surface area contributed by atoms with Crippen molar-refractivity contribution in [3.63, 3.8) is 0 Å². The number of nitrogens with one attached hydrogen (secondary N) is 1. The highest BCUT2D eigenvalue weighted by molar-refractivity contribution is 7.92. The summed E-state index contributed by atoms with van der Waals surface area (Å²) in [6, 6.07) is 16.0. The third-order valence-electron chi connectivity index (χ3n) is 5.66. The van der Waals surface area contributed by atoms with E-state index in [0.29, 0.717) is 29.5 Å². The van der Waals surface area contributed by atoms with Crippen LogP contribution in [0.3, 0.4) is 0 Å². The van der Waals surface area contributed by atoms with E-state index in [1.165, 1.54) is 4.31 Å². The van der Waals surface area contributed by atoms with Gasteiger partial charge in [0, 0.05) is 6.54 Å². The predicted molar refractivity (Wildman–Crippen MR) is 124 cm³/mol. The van der Waals surface area contributed by atoms with Crippen molar-refractivity contribution in [1.82, 2.24) is 5.32 Å². The molecular formula is C24H32N2O4S. The molecule has 168 valence electrons. The zero-order chi connectivity index (χ0) is 22.3. The SMILES string of the molecule is CCCCC(CC)CNC(=O)C1CN(S(=O)(=O)Cc2ccccc2)c2ccccc2O1. The fourth-order valence-electron chi connectivity index (χ4n) is 3.77. The molecule has 2 atom stereocenters. The summed E-state index contributed by atoms with van der Waals surface area (Å²) in [5.74, 6) is 0.413. The fourth-order valence-corrected chi connectivity index (χ4v) is 5.35. The Kier molecular flexibility index (Phi) is 7.96. The maximum atomic E-state index is 13.3. The lowest BCUT2D eigenvalue weighted by molar-refractivity contribution is -0.127. The number of amides is 1. The van der Waals surface area contributed by atoms with Crippen molar-refractivity contribution in [2.45, 2.75) is 51.4 Å². The van der Waals surface area contributed by atoms with Crippen LogP contribution in [0.5, 0.6) is 5.75 Å². The van der Waals surface area contributed by atoms with Crippen molar-refractivity contribution < 1.29 is 17.9 Å². The van der Waals surface area contributed by atoms with Gasteiger partial charge >= 0.3 is 0 Å². The van der Waals surface area contributed by atoms with E-state index in [2.05, 4.69) is 19.2 Å². The molecule has 6 nitrogen and oxygen atoms in total. The normalized spacial score (nSPS) is 16.8. The number of hydrogen-bond donors (Lipinski definition) is 1. The molecule has 0 bridgehead atoms. The number of carbonyl (C=O) groups is 1. The number of benzene rings is 2. The van der Waals surface area contributed by atoms with E-state index in [4.69, 9.17) is 4.74 Å². The molecule has 7 heteroatoms. The highest BCUT2D eigenvalue weighted by Crippen LogP contribution is 2.35. The van der Waals surface area contributed by atoms with Gasteiger partial charge in [-0.3, -0.25) is 9.10 Å². The smallest absolute Gasteiger partial charge is 0.263 e. The Balaban J connectivity index is 1.76. The number of para-hydroxylation sites is 2. The largest absolute Gasteiger partial charge is 0.476 e. The van der Waals surface area contributed by atoms with Crippen molar-refractivity contribution in [2.24, 2.45) is 5.92 Å². The van der Waals surface area contributed by atoms with Gasteiger partial charge in [0.25, 0.3) is 5.91 Å². The summed E-state index contributed by atoms with van der Waals surface area (Å²) in [7, 11) is -3.69. The molecule has 1 aliphatic rings. The number of anilines is 1. The standard InChI is InChI=1S/C24H32N2O4S/c1-3-5-11-19(4-2)16-25-24(27)23-17-26(21-14-9-10-15-22(21)30-23)31(28,29)18-20-12-7-6-8-13-20/h6-10,12-15,19,23H,3-5,11,16-18H2,1-2H3,(H,25,27). The van der Waals surface area contributed by atoms with Crippen molar-refractivity contribution in [3.8, 4) is 5.75 Å². The summed E-state index contributed by atoms with van der Waals surface area (Å²) >= 11 is 0. The lowest BCUT2D eigenvalue weighted by Gasteiger charge is -2.35. The molecule has 0 fully saturated rings. The van der Waals surface area contributed by atoms with Gasteiger partial charge in [0.05, 0.1) is 18.0 Å². The van der Waals surface area contributed by atoms with E-state index in [-0.39, 0.29) is 18.2 Å². The molecule has 0 spiro atoms. The molecule has 0 aliphatic carbocycles. The second-order valence-corrected chi connectivity index (χ2v) is 9.90. The molecule has 0 aromatic heterocycles. The van der Waals surface area contributed by atoms with Crippen LogP contribution < -0.4 is 14.4 Å². The van der Waals surface area contributed by atoms with Crippen LogP contribution in [0.4, 0.5) is 5.69 Å². The third kappa shape index (κ3) is 6.00. The van der Waals surface area contributed by atoms with Crippen LogP contribution in [0.15, 0.2) is 54.6 Å². The molecule has 1 heterocycles. The Morgan fingerprint density at radius 1 is 1.13 bits per heavy atom. The first-order valence-corrected chi connectivity index (χ1v) is 12.6. The fraction of sp³-hybridized carbons (Fsp3) is 0.458. The molecular weight excluding hydrogens is 412 g/mol. The van der Waals surface area contributed by atoms with Gasteiger partial charge in [-0.25, -0.2) is 8.42 Å². The Morgan fingerprint density at radius 3 is 2.55 bits per heavy atom. The first-order chi connectivity index (χ1) is 14.9. The molecule has 0 saturated carbocycles. The molecule has 3 rings (SSSR count). The van der Waals surface area contributed by atoms with Gasteiger partial charge in [-0.15, -0.1) is 0 Å². The van der Waals surface area contributed by atoms with Gasteiger partial charge in [0.2, 0.25) is 10.0 Å². The number of fused-ring (bicyclic) bond motifs is 1. The molecule has 1 aliphatic heterocycles. The minimum absolute atomic E-state index is 0.0379. The van der Waals surface area contributed by atoms with Crippen LogP contribution in [0.2, 0.25) is 0 Å². The highest BCUT2D eigenvalue weighted by Gasteiger charge is 2.36. The first-order valence-electron chi connectivity index (χ1n) is 11.0. The molecule has 0 saturated heterocycles. The Morgan fingerprint density at radius 2 is 1.84 bits per heavy atom. The molecule has 31 heavy (non-hydrogen) atoms. The maximum Gasteiger partial charge on any atom is 0.263 e. The average Bonchev–Trinajstić information content (AvgIpc) is 2.78. The predicted octanol–water partition coefficient (Wildman–Crippen LogP) is 4.12. The molecule has 1 N–H and O–H groups in total. The Hall–Kier alpha value is -2.54. The summed E-state index contributed by atoms with van der Waals surface area (Å²) < 4.78 is 33.7. The van der Waals surface area contributed by atoms with E-state index in [1.54, 1.807) is 36.4 Å². The quantitative estimate of drug-likeness (QED) is 0.598. The minimum atomic E-state index is -3.69. The van der Waals surface area contributed by atoms with E-state index < -0.39 is 16.1 Å². The first kappa shape index (κ1) is 23.1. The number of carbonyl (C=O) groups excluding carboxylic acids is 1. The summed E-state index contributed by atoms with van der Waals surface area (Å²) in [4.78, 5) is 12.9. The van der Waals surface area contributed by atoms with Crippen molar-refractivity contribution in [3.05, 3.63) is 60.2 Å². The molecule has 0 radical (unpaired) electrons. The van der Waals surface area contributed by atoms with Crippen molar-refractivity contribution in [1.29, 1.82) is 0 Å². The van der Waals surface area contributed by atoms with E-state index in [9.17, 15) is 13.2 Å². The lowest BCUT2D eigenvalue weighted by Crippen LogP contribution is -2.51. The summed E-state index contributed by atoms with van der Waals surface area (Å²) in [5, 5.41) is 2.98. The molecule has 1 amide bonds. The summed E-state index contributed by atoms with van der Waals surface area (Å²) in [6.45, 7) is 4.82. The van der Waals surface area contributed by atoms with E-state index in [1.807, 2.05) is 18.2 Å². The van der Waals surface area contributed by atoms with Gasteiger partial charge in [-0.05, 0) is 30.0 Å². The monoisotopic (exact) mass is 444 g/mol. The van der Waals surface area contributed by atoms with Crippen LogP contribution in [-0.4, -0.2) is 33.5 Å². The van der Waals surface area contributed by atoms with Gasteiger partial charge < -0.3 is 10.1 Å². The third-order valence-corrected chi connectivity index (χ3v) is 7.38. The van der Waals surface area contributed by atoms with Crippen molar-refractivity contribution >= 4 is 21.6 Å². The van der Waals surface area contributed by atoms with Gasteiger partial charge in [-0.1, -0.05) is 75.6 Å². The van der Waals surface area contributed by atoms with Gasteiger partial charge in [0.1, 0.15) is 5.75 Å². The van der Waals surface area contributed by atoms with Crippen LogP contribution in [-0.2, 0) is 20.6 Å². The summed E-state index contributed by atoms with van der Waals surface area (Å²) in [5.41, 5.74) is 1.17. The van der Waals surface area contributed by atoms with Crippen LogP contribution in [0, 0.1) is 5.92 Å². The number of nitrogens with zero attached hydrogens (tertiary/aromatic N) is 1. The van der Waals surface area contributed by atoms with E-state index in [0.717, 1.165) is 25.7 Å². The number of rotatable bonds is 10. The van der Waals surface area contributed by atoms with E-state index >= 15 is 0 Å². The Bertz CT molecular complexity index is 963. The lowest BCUT2D eigenvalue weighted by atomic mass is 9.99. The number of ether oxygens (including phenoxy) is 1. The van der Waals surface area contributed by atoms with Crippen molar-refractivity contribution in [2.75, 3.05) is 17.4 Å². The maximum absolute atomic E-state index is 13.3. The van der Waals surface area contributed by atoms with Crippen LogP contribution >= 0.6 is 0 Å². The second-order valence-electron chi connectivity index (χ2n) is 8.01. The van der Waals surface area contributed by atoms with Crippen LogP contribution in [0.25, 0.3) is 0 Å². The highest BCUT2D eigenvalue weighted by atomic mass is 32.2. The topological polar surface area (TPSA) is 75.7 Å². The van der Waals surface area contributed by atoms with Gasteiger partial charge in [-0.2, -0.15) is 0 Å². The number of hydrogen-bond acceptors (Lipinski definition) is 4. The summed E-state index contributed by atoms with van der Waals surface area (Å²) in [6.07, 6.45) is 3.43. The Labute approximate surface area is 185 Å². The molecule has 2 unspecified atom stereocenters. The second kappa shape index (κ2) is 10.7. The minimum Gasteiger partial charge on any atom is -0.476 e. The van der Waals surface area contributed by atoms with Crippen LogP contribution in [0.1, 0.15) is 45.1 Å². The molecule has 2 aromatic rings.